The van der Waals surface area contributed by atoms with Crippen LogP contribution in [0.2, 0.25) is 0 Å². The van der Waals surface area contributed by atoms with Gasteiger partial charge in [0.25, 0.3) is 9.84 Å². The Hall–Kier alpha value is -3.80. The number of sulfone groups is 1. The molecule has 0 saturated heterocycles. The normalized spacial score (nSPS) is 12.4. The van der Waals surface area contributed by atoms with Crippen LogP contribution in [0.3, 0.4) is 0 Å². The van der Waals surface area contributed by atoms with Crippen LogP contribution in [-0.4, -0.2) is 33.2 Å². The number of nitrogens with zero attached hydrogens (tertiary/aromatic N) is 3. The van der Waals surface area contributed by atoms with Crippen LogP contribution in [0.25, 0.3) is 16.6 Å². The van der Waals surface area contributed by atoms with Crippen molar-refractivity contribution in [2.24, 2.45) is 0 Å². The molecule has 4 aromatic rings. The molecule has 12 heteroatoms. The van der Waals surface area contributed by atoms with E-state index in [0.717, 1.165) is 34.2 Å². The molecular formula is C21H17F3N4O4S. The van der Waals surface area contributed by atoms with Gasteiger partial charge in [0, 0.05) is 11.6 Å². The zero-order valence-corrected chi connectivity index (χ0v) is 17.9. The van der Waals surface area contributed by atoms with Gasteiger partial charge in [-0.15, -0.1) is 0 Å². The largest absolute Gasteiger partial charge is 0.501 e. The Morgan fingerprint density at radius 1 is 1.09 bits per heavy atom. The molecule has 172 valence electrons. The van der Waals surface area contributed by atoms with Gasteiger partial charge in [-0.3, -0.25) is 9.55 Å². The highest BCUT2D eigenvalue weighted by molar-refractivity contribution is 7.92. The maximum atomic E-state index is 13.1. The number of nitrogens with two attached hydrogens (primary N) is 1. The summed E-state index contributed by atoms with van der Waals surface area (Å²) in [5.74, 6) is -0.427. The molecule has 0 aliphatic rings. The summed E-state index contributed by atoms with van der Waals surface area (Å²) in [5.41, 5.74) is 1.80. The van der Waals surface area contributed by atoms with Crippen LogP contribution in [-0.2, 0) is 16.4 Å². The van der Waals surface area contributed by atoms with Gasteiger partial charge in [0.05, 0.1) is 34.0 Å². The van der Waals surface area contributed by atoms with Crippen molar-refractivity contribution in [3.05, 3.63) is 76.5 Å². The minimum absolute atomic E-state index is 0.00399. The number of imidazole rings is 1. The molecule has 0 aliphatic carbocycles. The van der Waals surface area contributed by atoms with Crippen LogP contribution in [0, 0.1) is 6.92 Å². The number of pyridine rings is 1. The van der Waals surface area contributed by atoms with Gasteiger partial charge in [-0.05, 0) is 48.9 Å². The summed E-state index contributed by atoms with van der Waals surface area (Å²) in [4.78, 5) is 16.4. The summed E-state index contributed by atoms with van der Waals surface area (Å²) in [6.07, 6.45) is 1.55. The lowest BCUT2D eigenvalue weighted by molar-refractivity contribution is -0.0436. The molecule has 0 bridgehead atoms. The number of fused-ring (bicyclic) bond motifs is 1. The molecule has 8 nitrogen and oxygen atoms in total. The number of anilines is 1. The number of para-hydroxylation sites is 1. The first-order valence-electron chi connectivity index (χ1n) is 9.48. The van der Waals surface area contributed by atoms with Crippen molar-refractivity contribution in [2.75, 3.05) is 5.73 Å². The molecule has 0 aliphatic heterocycles. The van der Waals surface area contributed by atoms with Crippen LogP contribution < -0.4 is 11.4 Å². The third kappa shape index (κ3) is 3.61. The standard InChI is InChI=1S/C21H17F3N4O4S/c1-12-19(29)28(14-5-7-15(8-6-14)33(31,32)21(22,23)24)20(30)27(12)11-13-9-10-26-18-16(13)3-2-4-17(18)25/h2-10,29H,11,25H2,1H3. The summed E-state index contributed by atoms with van der Waals surface area (Å²) >= 11 is 0. The van der Waals surface area contributed by atoms with E-state index in [1.54, 1.807) is 30.5 Å². The molecule has 2 aromatic carbocycles. The minimum Gasteiger partial charge on any atom is -0.493 e. The van der Waals surface area contributed by atoms with E-state index >= 15 is 0 Å². The molecule has 0 radical (unpaired) electrons. The van der Waals surface area contributed by atoms with Crippen molar-refractivity contribution < 1.29 is 26.7 Å². The van der Waals surface area contributed by atoms with Gasteiger partial charge in [0.2, 0.25) is 5.88 Å². The molecule has 0 unspecified atom stereocenters. The summed E-state index contributed by atoms with van der Waals surface area (Å²) < 4.78 is 63.6. The van der Waals surface area contributed by atoms with Gasteiger partial charge in [-0.25, -0.2) is 17.8 Å². The number of aromatic nitrogens is 3. The minimum atomic E-state index is -5.53. The highest BCUT2D eigenvalue weighted by atomic mass is 32.2. The number of hydrogen-bond acceptors (Lipinski definition) is 6. The van der Waals surface area contributed by atoms with Crippen molar-refractivity contribution in [3.63, 3.8) is 0 Å². The molecule has 0 atom stereocenters. The Morgan fingerprint density at radius 2 is 1.76 bits per heavy atom. The van der Waals surface area contributed by atoms with Crippen molar-refractivity contribution in [1.82, 2.24) is 14.1 Å². The maximum Gasteiger partial charge on any atom is 0.501 e. The van der Waals surface area contributed by atoms with Gasteiger partial charge in [0.1, 0.15) is 0 Å². The van der Waals surface area contributed by atoms with E-state index in [9.17, 15) is 31.5 Å². The lowest BCUT2D eigenvalue weighted by atomic mass is 10.1. The van der Waals surface area contributed by atoms with Gasteiger partial charge < -0.3 is 10.8 Å². The van der Waals surface area contributed by atoms with Crippen LogP contribution in [0.4, 0.5) is 18.9 Å². The number of alkyl halides is 3. The maximum absolute atomic E-state index is 13.1. The van der Waals surface area contributed by atoms with Crippen molar-refractivity contribution in [3.8, 4) is 11.6 Å². The first-order chi connectivity index (χ1) is 15.4. The SMILES string of the molecule is Cc1c(O)n(-c2ccc(S(=O)(=O)C(F)(F)F)cc2)c(=O)n1Cc1ccnc2c(N)cccc12. The lowest BCUT2D eigenvalue weighted by Crippen LogP contribution is -2.25. The average molecular weight is 478 g/mol. The van der Waals surface area contributed by atoms with E-state index in [2.05, 4.69) is 4.98 Å². The fourth-order valence-electron chi connectivity index (χ4n) is 3.53. The first kappa shape index (κ1) is 22.4. The van der Waals surface area contributed by atoms with E-state index in [1.807, 2.05) is 0 Å². The fraction of sp³-hybridized carbons (Fsp3) is 0.143. The monoisotopic (exact) mass is 478 g/mol. The van der Waals surface area contributed by atoms with Gasteiger partial charge >= 0.3 is 11.2 Å². The average Bonchev–Trinajstić information content (AvgIpc) is 2.97. The number of aromatic hydroxyl groups is 1. The number of hydrogen-bond donors (Lipinski definition) is 2. The Balaban J connectivity index is 1.78. The molecule has 0 amide bonds. The zero-order valence-electron chi connectivity index (χ0n) is 17.0. The quantitative estimate of drug-likeness (QED) is 0.435. The molecule has 0 fully saturated rings. The number of nitrogen functional groups attached to an aromatic ring is 1. The first-order valence-corrected chi connectivity index (χ1v) is 11.0. The Morgan fingerprint density at radius 3 is 2.39 bits per heavy atom. The Labute approximate surface area is 185 Å². The second kappa shape index (κ2) is 7.66. The molecule has 3 N–H and O–H groups in total. The summed E-state index contributed by atoms with van der Waals surface area (Å²) in [6.45, 7) is 1.57. The van der Waals surface area contributed by atoms with E-state index in [-0.39, 0.29) is 17.9 Å². The Bertz CT molecular complexity index is 1540. The second-order valence-corrected chi connectivity index (χ2v) is 9.21. The summed E-state index contributed by atoms with van der Waals surface area (Å²) in [5, 5.41) is 11.3. The highest BCUT2D eigenvalue weighted by Crippen LogP contribution is 2.31. The molecule has 2 heterocycles. The van der Waals surface area contributed by atoms with Gasteiger partial charge in [-0.2, -0.15) is 13.2 Å². The van der Waals surface area contributed by atoms with E-state index in [0.29, 0.717) is 16.8 Å². The smallest absolute Gasteiger partial charge is 0.493 e. The lowest BCUT2D eigenvalue weighted by Gasteiger charge is -2.09. The van der Waals surface area contributed by atoms with Crippen molar-refractivity contribution >= 4 is 26.4 Å². The predicted octanol–water partition coefficient (Wildman–Crippen LogP) is 3.13. The third-order valence-electron chi connectivity index (χ3n) is 5.29. The van der Waals surface area contributed by atoms with Gasteiger partial charge in [-0.1, -0.05) is 12.1 Å². The second-order valence-electron chi connectivity index (χ2n) is 7.27. The molecule has 4 rings (SSSR count). The molecule has 0 spiro atoms. The van der Waals surface area contributed by atoms with E-state index < -0.39 is 31.8 Å². The molecule has 2 aromatic heterocycles. The zero-order chi connectivity index (χ0) is 24.1. The summed E-state index contributed by atoms with van der Waals surface area (Å²) in [6, 6.07) is 10.5. The highest BCUT2D eigenvalue weighted by Gasteiger charge is 2.46. The van der Waals surface area contributed by atoms with E-state index in [1.165, 1.54) is 11.5 Å². The van der Waals surface area contributed by atoms with Crippen molar-refractivity contribution in [2.45, 2.75) is 23.9 Å². The summed E-state index contributed by atoms with van der Waals surface area (Å²) in [7, 11) is -5.53. The third-order valence-corrected chi connectivity index (χ3v) is 6.80. The van der Waals surface area contributed by atoms with E-state index in [4.69, 9.17) is 5.73 Å². The number of rotatable bonds is 4. The van der Waals surface area contributed by atoms with Crippen LogP contribution in [0.5, 0.6) is 5.88 Å². The predicted molar refractivity (Wildman–Crippen MR) is 115 cm³/mol. The van der Waals surface area contributed by atoms with Crippen molar-refractivity contribution in [1.29, 1.82) is 0 Å². The Kier molecular flexibility index (Phi) is 5.20. The van der Waals surface area contributed by atoms with Crippen LogP contribution in [0.1, 0.15) is 11.3 Å². The van der Waals surface area contributed by atoms with Crippen LogP contribution >= 0.6 is 0 Å². The fourth-order valence-corrected chi connectivity index (χ4v) is 4.29. The van der Waals surface area contributed by atoms with Crippen LogP contribution in [0.15, 0.2) is 64.4 Å². The topological polar surface area (TPSA) is 120 Å². The number of halogens is 3. The number of benzene rings is 2. The van der Waals surface area contributed by atoms with Gasteiger partial charge in [0.15, 0.2) is 0 Å². The molecular weight excluding hydrogens is 461 g/mol. The molecule has 33 heavy (non-hydrogen) atoms. The molecule has 0 saturated carbocycles.